The summed E-state index contributed by atoms with van der Waals surface area (Å²) in [5.41, 5.74) is 0.585. The van der Waals surface area contributed by atoms with Crippen molar-refractivity contribution in [1.82, 2.24) is 10.2 Å². The van der Waals surface area contributed by atoms with Crippen LogP contribution in [0.1, 0.15) is 11.1 Å². The second-order valence-corrected chi connectivity index (χ2v) is 8.06. The van der Waals surface area contributed by atoms with Gasteiger partial charge in [-0.1, -0.05) is 18.2 Å². The van der Waals surface area contributed by atoms with E-state index in [2.05, 4.69) is 43.8 Å². The van der Waals surface area contributed by atoms with Crippen LogP contribution in [0.3, 0.4) is 0 Å². The molecule has 10 heteroatoms. The second-order valence-electron chi connectivity index (χ2n) is 5.96. The number of benzene rings is 2. The summed E-state index contributed by atoms with van der Waals surface area (Å²) < 4.78 is 20.5. The molecule has 1 heterocycles. The summed E-state index contributed by atoms with van der Waals surface area (Å²) in [6, 6.07) is 8.59. The maximum absolute atomic E-state index is 13.9. The van der Waals surface area contributed by atoms with Gasteiger partial charge in [0.2, 0.25) is 0 Å². The van der Waals surface area contributed by atoms with E-state index < -0.39 is 30.3 Å². The zero-order valence-electron chi connectivity index (χ0n) is 14.6. The lowest BCUT2D eigenvalue weighted by atomic mass is 10.1. The van der Waals surface area contributed by atoms with Crippen LogP contribution in [0.25, 0.3) is 6.08 Å². The Hall–Kier alpha value is -2.47. The number of nitrogens with one attached hydrogen (secondary N) is 1. The quantitative estimate of drug-likeness (QED) is 0.311. The number of ether oxygens (including phenoxy) is 1. The maximum atomic E-state index is 13.9. The van der Waals surface area contributed by atoms with Gasteiger partial charge in [-0.2, -0.15) is 0 Å². The van der Waals surface area contributed by atoms with Crippen molar-refractivity contribution in [1.29, 1.82) is 0 Å². The average molecular weight is 575 g/mol. The van der Waals surface area contributed by atoms with E-state index in [1.807, 2.05) is 0 Å². The first-order valence-corrected chi connectivity index (χ1v) is 10.0. The molecule has 1 aliphatic rings. The molecule has 0 atom stereocenters. The highest BCUT2D eigenvalue weighted by Crippen LogP contribution is 2.33. The van der Waals surface area contributed by atoms with Gasteiger partial charge in [-0.3, -0.25) is 9.69 Å². The minimum atomic E-state index is -1.16. The normalized spacial score (nSPS) is 15.0. The van der Waals surface area contributed by atoms with E-state index in [0.717, 1.165) is 8.47 Å². The fraction of sp³-hybridized carbons (Fsp3) is 0.105. The molecule has 1 fully saturated rings. The maximum Gasteiger partial charge on any atom is 0.341 e. The molecule has 1 aliphatic heterocycles. The molecule has 0 radical (unpaired) electrons. The molecule has 0 aromatic heterocycles. The molecule has 0 unspecified atom stereocenters. The average Bonchev–Trinajstić information content (AvgIpc) is 2.90. The van der Waals surface area contributed by atoms with Gasteiger partial charge in [0.15, 0.2) is 6.61 Å². The molecule has 7 nitrogen and oxygen atoms in total. The number of carboxylic acid groups (broad SMARTS) is 1. The van der Waals surface area contributed by atoms with Crippen molar-refractivity contribution in [3.63, 3.8) is 0 Å². The highest BCUT2D eigenvalue weighted by molar-refractivity contribution is 14.1. The number of urea groups is 1. The Bertz CT molecular complexity index is 1040. The zero-order chi connectivity index (χ0) is 21.1. The van der Waals surface area contributed by atoms with Gasteiger partial charge in [0.25, 0.3) is 5.91 Å². The predicted molar refractivity (Wildman–Crippen MR) is 113 cm³/mol. The second kappa shape index (κ2) is 8.91. The molecule has 29 heavy (non-hydrogen) atoms. The molecule has 0 spiro atoms. The van der Waals surface area contributed by atoms with Crippen LogP contribution < -0.4 is 10.1 Å². The Labute approximate surface area is 186 Å². The van der Waals surface area contributed by atoms with Crippen LogP contribution in [-0.2, 0) is 16.1 Å². The van der Waals surface area contributed by atoms with Crippen molar-refractivity contribution in [2.75, 3.05) is 6.61 Å². The van der Waals surface area contributed by atoms with Crippen LogP contribution in [0.15, 0.2) is 46.6 Å². The van der Waals surface area contributed by atoms with Crippen molar-refractivity contribution in [2.45, 2.75) is 6.54 Å². The number of hydrogen-bond acceptors (Lipinski definition) is 4. The van der Waals surface area contributed by atoms with E-state index in [0.29, 0.717) is 10.0 Å². The molecule has 0 aliphatic carbocycles. The number of aliphatic carboxylic acids is 1. The van der Waals surface area contributed by atoms with Gasteiger partial charge in [-0.25, -0.2) is 14.0 Å². The van der Waals surface area contributed by atoms with Crippen molar-refractivity contribution >= 4 is 62.5 Å². The van der Waals surface area contributed by atoms with Crippen molar-refractivity contribution in [2.24, 2.45) is 0 Å². The molecule has 1 saturated heterocycles. The number of halogens is 3. The van der Waals surface area contributed by atoms with Gasteiger partial charge in [0, 0.05) is 14.7 Å². The molecule has 2 N–H and O–H groups in total. The predicted octanol–water partition coefficient (Wildman–Crippen LogP) is 3.75. The van der Waals surface area contributed by atoms with Gasteiger partial charge in [0.1, 0.15) is 17.3 Å². The van der Waals surface area contributed by atoms with Gasteiger partial charge in [0.05, 0.1) is 11.0 Å². The Morgan fingerprint density at radius 3 is 2.72 bits per heavy atom. The monoisotopic (exact) mass is 574 g/mol. The number of carbonyl (C=O) groups excluding carboxylic acids is 2. The number of amides is 3. The Morgan fingerprint density at radius 2 is 2.03 bits per heavy atom. The van der Waals surface area contributed by atoms with Gasteiger partial charge < -0.3 is 15.2 Å². The number of hydrogen-bond donors (Lipinski definition) is 2. The summed E-state index contributed by atoms with van der Waals surface area (Å²) in [4.78, 5) is 36.7. The van der Waals surface area contributed by atoms with Crippen LogP contribution in [-0.4, -0.2) is 34.5 Å². The Balaban J connectivity index is 1.91. The van der Waals surface area contributed by atoms with E-state index in [4.69, 9.17) is 9.84 Å². The fourth-order valence-corrected chi connectivity index (χ4v) is 4.31. The standard InChI is InChI=1S/C19H13BrFIN2O5/c20-13-7-12(22)5-11(17(13)29-9-16(25)26)6-15-18(27)24(19(28)23-15)8-10-3-1-2-4-14(10)21/h1-7H,8-9H2,(H,23,28)(H,25,26)/b15-6+. The zero-order valence-corrected chi connectivity index (χ0v) is 18.4. The van der Waals surface area contributed by atoms with Gasteiger partial charge in [-0.05, 0) is 62.8 Å². The fourth-order valence-electron chi connectivity index (χ4n) is 2.64. The summed E-state index contributed by atoms with van der Waals surface area (Å²) in [5, 5.41) is 11.3. The van der Waals surface area contributed by atoms with Gasteiger partial charge in [-0.15, -0.1) is 0 Å². The molecular weight excluding hydrogens is 562 g/mol. The lowest BCUT2D eigenvalue weighted by Gasteiger charge is -2.12. The first kappa shape index (κ1) is 21.2. The number of imide groups is 1. The molecule has 0 bridgehead atoms. The Morgan fingerprint density at radius 1 is 1.31 bits per heavy atom. The topological polar surface area (TPSA) is 95.9 Å². The summed E-state index contributed by atoms with van der Waals surface area (Å²) in [6.45, 7) is -0.790. The number of nitrogens with zero attached hydrogens (tertiary/aromatic N) is 1. The van der Waals surface area contributed by atoms with E-state index in [9.17, 15) is 18.8 Å². The SMILES string of the molecule is O=C(O)COc1c(Br)cc(I)cc1/C=C1/NC(=O)N(Cc2ccccc2F)C1=O. The van der Waals surface area contributed by atoms with E-state index in [-0.39, 0.29) is 23.6 Å². The van der Waals surface area contributed by atoms with Crippen LogP contribution in [0.2, 0.25) is 0 Å². The molecule has 2 aromatic rings. The van der Waals surface area contributed by atoms with Crippen LogP contribution in [0.5, 0.6) is 5.75 Å². The minimum absolute atomic E-state index is 0.0274. The number of carbonyl (C=O) groups is 3. The van der Waals surface area contributed by atoms with E-state index in [1.165, 1.54) is 24.3 Å². The summed E-state index contributed by atoms with van der Waals surface area (Å²) in [6.07, 6.45) is 1.39. The third-order valence-electron chi connectivity index (χ3n) is 3.93. The highest BCUT2D eigenvalue weighted by atomic mass is 127. The molecular formula is C19H13BrFIN2O5. The van der Waals surface area contributed by atoms with Crippen LogP contribution >= 0.6 is 38.5 Å². The largest absolute Gasteiger partial charge is 0.480 e. The number of carboxylic acids is 1. The number of rotatable bonds is 6. The van der Waals surface area contributed by atoms with E-state index in [1.54, 1.807) is 18.2 Å². The molecule has 150 valence electrons. The summed E-state index contributed by atoms with van der Waals surface area (Å²) >= 11 is 5.36. The van der Waals surface area contributed by atoms with Crippen molar-refractivity contribution < 1.29 is 28.6 Å². The first-order valence-electron chi connectivity index (χ1n) is 8.18. The van der Waals surface area contributed by atoms with Crippen molar-refractivity contribution in [3.8, 4) is 5.75 Å². The lowest BCUT2D eigenvalue weighted by molar-refractivity contribution is -0.139. The Kier molecular flexibility index (Phi) is 6.52. The van der Waals surface area contributed by atoms with Gasteiger partial charge >= 0.3 is 12.0 Å². The minimum Gasteiger partial charge on any atom is -0.480 e. The molecule has 0 saturated carbocycles. The lowest BCUT2D eigenvalue weighted by Crippen LogP contribution is -2.30. The summed E-state index contributed by atoms with van der Waals surface area (Å²) in [7, 11) is 0. The third kappa shape index (κ3) is 4.93. The van der Waals surface area contributed by atoms with Crippen LogP contribution in [0.4, 0.5) is 9.18 Å². The van der Waals surface area contributed by atoms with E-state index >= 15 is 0 Å². The van der Waals surface area contributed by atoms with Crippen LogP contribution in [0, 0.1) is 9.39 Å². The highest BCUT2D eigenvalue weighted by Gasteiger charge is 2.34. The summed E-state index contributed by atoms with van der Waals surface area (Å²) in [5.74, 6) is -2.08. The molecule has 2 aromatic carbocycles. The third-order valence-corrected chi connectivity index (χ3v) is 5.14. The first-order chi connectivity index (χ1) is 13.8. The van der Waals surface area contributed by atoms with Crippen molar-refractivity contribution in [3.05, 3.63) is 67.1 Å². The smallest absolute Gasteiger partial charge is 0.341 e. The molecule has 3 rings (SSSR count). The molecule has 3 amide bonds.